The number of ether oxygens (including phenoxy) is 1. The van der Waals surface area contributed by atoms with Crippen molar-refractivity contribution < 1.29 is 14.6 Å². The Bertz CT molecular complexity index is 614. The molecule has 0 saturated carbocycles. The maximum atomic E-state index is 10.9. The topological polar surface area (TPSA) is 95.5 Å². The Hall–Kier alpha value is -2.80. The third-order valence-electron chi connectivity index (χ3n) is 2.89. The van der Waals surface area contributed by atoms with E-state index in [1.54, 1.807) is 36.4 Å². The summed E-state index contributed by atoms with van der Waals surface area (Å²) in [5.74, 6) is 0. The minimum atomic E-state index is -0.482. The van der Waals surface area contributed by atoms with Gasteiger partial charge in [-0.25, -0.2) is 0 Å². The molecule has 0 spiro atoms. The average molecular weight is 288 g/mol. The maximum absolute atomic E-state index is 10.9. The number of benzene rings is 2. The Labute approximate surface area is 120 Å². The van der Waals surface area contributed by atoms with Crippen molar-refractivity contribution in [2.45, 2.75) is 13.2 Å². The van der Waals surface area contributed by atoms with Crippen LogP contribution in [0.3, 0.4) is 0 Å². The number of para-hydroxylation sites is 2. The zero-order chi connectivity index (χ0) is 15.2. The Balaban J connectivity index is 2.06. The smallest absolute Gasteiger partial charge is 0.274 e. The molecule has 0 aromatic heterocycles. The van der Waals surface area contributed by atoms with Gasteiger partial charge in [0.15, 0.2) is 0 Å². The van der Waals surface area contributed by atoms with E-state index < -0.39 is 9.85 Å². The van der Waals surface area contributed by atoms with Crippen LogP contribution in [0.5, 0.6) is 0 Å². The van der Waals surface area contributed by atoms with Gasteiger partial charge in [0, 0.05) is 12.1 Å². The highest BCUT2D eigenvalue weighted by Crippen LogP contribution is 2.21. The van der Waals surface area contributed by atoms with Crippen molar-refractivity contribution in [2.75, 3.05) is 0 Å². The van der Waals surface area contributed by atoms with Gasteiger partial charge in [-0.1, -0.05) is 24.3 Å². The second-order valence-corrected chi connectivity index (χ2v) is 4.26. The van der Waals surface area contributed by atoms with Crippen LogP contribution in [-0.2, 0) is 18.0 Å². The van der Waals surface area contributed by atoms with E-state index in [1.165, 1.54) is 12.1 Å². The normalized spacial score (nSPS) is 10.3. The molecule has 0 N–H and O–H groups in total. The molecule has 2 rings (SSSR count). The molecule has 0 bridgehead atoms. The summed E-state index contributed by atoms with van der Waals surface area (Å²) in [5.41, 5.74) is 0.808. The first-order valence-electron chi connectivity index (χ1n) is 6.12. The first kappa shape index (κ1) is 14.6. The van der Waals surface area contributed by atoms with Crippen molar-refractivity contribution >= 4 is 11.4 Å². The summed E-state index contributed by atoms with van der Waals surface area (Å²) in [6, 6.07) is 12.5. The van der Waals surface area contributed by atoms with Crippen LogP contribution >= 0.6 is 0 Å². The van der Waals surface area contributed by atoms with Crippen LogP contribution in [0.25, 0.3) is 0 Å². The van der Waals surface area contributed by atoms with Crippen molar-refractivity contribution in [3.63, 3.8) is 0 Å². The van der Waals surface area contributed by atoms with E-state index >= 15 is 0 Å². The Morgan fingerprint density at radius 2 is 1.14 bits per heavy atom. The van der Waals surface area contributed by atoms with E-state index in [-0.39, 0.29) is 24.6 Å². The Morgan fingerprint density at radius 3 is 1.52 bits per heavy atom. The summed E-state index contributed by atoms with van der Waals surface area (Å²) in [4.78, 5) is 20.8. The second-order valence-electron chi connectivity index (χ2n) is 4.26. The molecular formula is C14H12N2O5. The monoisotopic (exact) mass is 288 g/mol. The summed E-state index contributed by atoms with van der Waals surface area (Å²) < 4.78 is 5.38. The molecule has 0 heterocycles. The molecule has 0 amide bonds. The van der Waals surface area contributed by atoms with E-state index in [1.807, 2.05) is 0 Å². The summed E-state index contributed by atoms with van der Waals surface area (Å²) in [7, 11) is 0. The molecular weight excluding hydrogens is 276 g/mol. The molecule has 2 aromatic carbocycles. The van der Waals surface area contributed by atoms with E-state index in [0.717, 1.165) is 0 Å². The average Bonchev–Trinajstić information content (AvgIpc) is 2.48. The predicted octanol–water partition coefficient (Wildman–Crippen LogP) is 3.22. The molecule has 0 aliphatic heterocycles. The van der Waals surface area contributed by atoms with Gasteiger partial charge in [0.2, 0.25) is 0 Å². The first-order chi connectivity index (χ1) is 10.1. The SMILES string of the molecule is O=[N+]([O-])c1ccccc1COCc1ccccc1[N+](=O)[O-]. The lowest BCUT2D eigenvalue weighted by molar-refractivity contribution is -0.386. The van der Waals surface area contributed by atoms with Gasteiger partial charge in [0.25, 0.3) is 11.4 Å². The molecule has 21 heavy (non-hydrogen) atoms. The largest absolute Gasteiger partial charge is 0.372 e. The zero-order valence-corrected chi connectivity index (χ0v) is 11.0. The van der Waals surface area contributed by atoms with Crippen LogP contribution in [-0.4, -0.2) is 9.85 Å². The van der Waals surface area contributed by atoms with Crippen LogP contribution in [0.2, 0.25) is 0 Å². The maximum Gasteiger partial charge on any atom is 0.274 e. The molecule has 108 valence electrons. The number of nitrogens with zero attached hydrogens (tertiary/aromatic N) is 2. The third kappa shape index (κ3) is 3.61. The van der Waals surface area contributed by atoms with Gasteiger partial charge in [-0.3, -0.25) is 20.2 Å². The fourth-order valence-electron chi connectivity index (χ4n) is 1.89. The Kier molecular flexibility index (Phi) is 4.57. The molecule has 0 aliphatic carbocycles. The highest BCUT2D eigenvalue weighted by Gasteiger charge is 2.14. The lowest BCUT2D eigenvalue weighted by Crippen LogP contribution is -2.01. The van der Waals surface area contributed by atoms with Gasteiger partial charge in [0.05, 0.1) is 34.2 Å². The standard InChI is InChI=1S/C14H12N2O5/c17-15(18)13-7-3-1-5-11(13)9-21-10-12-6-2-4-8-14(12)16(19)20/h1-8H,9-10H2. The zero-order valence-electron chi connectivity index (χ0n) is 11.0. The minimum Gasteiger partial charge on any atom is -0.372 e. The summed E-state index contributed by atoms with van der Waals surface area (Å²) in [5, 5.41) is 21.7. The quantitative estimate of drug-likeness (QED) is 0.600. The molecule has 2 aromatic rings. The molecule has 7 nitrogen and oxygen atoms in total. The lowest BCUT2D eigenvalue weighted by atomic mass is 10.2. The third-order valence-corrected chi connectivity index (χ3v) is 2.89. The molecule has 7 heteroatoms. The van der Waals surface area contributed by atoms with Crippen LogP contribution in [0.1, 0.15) is 11.1 Å². The van der Waals surface area contributed by atoms with Gasteiger partial charge in [-0.2, -0.15) is 0 Å². The van der Waals surface area contributed by atoms with E-state index in [9.17, 15) is 20.2 Å². The second kappa shape index (κ2) is 6.58. The molecule has 0 atom stereocenters. The van der Waals surface area contributed by atoms with Crippen LogP contribution in [0, 0.1) is 20.2 Å². The number of nitro groups is 2. The fraction of sp³-hybridized carbons (Fsp3) is 0.143. The molecule has 0 aliphatic rings. The number of rotatable bonds is 6. The van der Waals surface area contributed by atoms with Crippen LogP contribution in [0.4, 0.5) is 11.4 Å². The van der Waals surface area contributed by atoms with Gasteiger partial charge in [-0.15, -0.1) is 0 Å². The first-order valence-corrected chi connectivity index (χ1v) is 6.12. The summed E-state index contributed by atoms with van der Waals surface area (Å²) in [6.07, 6.45) is 0. The van der Waals surface area contributed by atoms with Gasteiger partial charge < -0.3 is 4.74 Å². The minimum absolute atomic E-state index is 0.0171. The van der Waals surface area contributed by atoms with Crippen molar-refractivity contribution in [1.29, 1.82) is 0 Å². The molecule has 0 saturated heterocycles. The highest BCUT2D eigenvalue weighted by molar-refractivity contribution is 5.40. The predicted molar refractivity (Wildman–Crippen MR) is 74.7 cm³/mol. The van der Waals surface area contributed by atoms with Gasteiger partial charge >= 0.3 is 0 Å². The Morgan fingerprint density at radius 1 is 0.762 bits per heavy atom. The van der Waals surface area contributed by atoms with Crippen molar-refractivity contribution in [3.8, 4) is 0 Å². The van der Waals surface area contributed by atoms with Crippen LogP contribution < -0.4 is 0 Å². The molecule has 0 radical (unpaired) electrons. The van der Waals surface area contributed by atoms with Crippen LogP contribution in [0.15, 0.2) is 48.5 Å². The summed E-state index contributed by atoms with van der Waals surface area (Å²) >= 11 is 0. The molecule has 0 unspecified atom stereocenters. The molecule has 0 fully saturated rings. The number of hydrogen-bond acceptors (Lipinski definition) is 5. The summed E-state index contributed by atoms with van der Waals surface area (Å²) in [6.45, 7) is 0.0341. The highest BCUT2D eigenvalue weighted by atomic mass is 16.6. The van der Waals surface area contributed by atoms with Crippen molar-refractivity contribution in [3.05, 3.63) is 79.9 Å². The fourth-order valence-corrected chi connectivity index (χ4v) is 1.89. The number of hydrogen-bond donors (Lipinski definition) is 0. The van der Waals surface area contributed by atoms with E-state index in [0.29, 0.717) is 11.1 Å². The van der Waals surface area contributed by atoms with E-state index in [2.05, 4.69) is 0 Å². The number of nitro benzene ring substituents is 2. The lowest BCUT2D eigenvalue weighted by Gasteiger charge is -2.06. The van der Waals surface area contributed by atoms with Crippen molar-refractivity contribution in [1.82, 2.24) is 0 Å². The van der Waals surface area contributed by atoms with Crippen molar-refractivity contribution in [2.24, 2.45) is 0 Å². The van der Waals surface area contributed by atoms with Gasteiger partial charge in [0.1, 0.15) is 0 Å². The van der Waals surface area contributed by atoms with E-state index in [4.69, 9.17) is 4.74 Å². The van der Waals surface area contributed by atoms with Gasteiger partial charge in [-0.05, 0) is 12.1 Å².